The molecule has 1 aromatic rings. The van der Waals surface area contributed by atoms with Crippen LogP contribution in [0.4, 0.5) is 5.69 Å². The first-order valence-electron chi connectivity index (χ1n) is 7.88. The Morgan fingerprint density at radius 3 is 2.52 bits per heavy atom. The minimum atomic E-state index is -0.141. The van der Waals surface area contributed by atoms with Crippen LogP contribution in [0.3, 0.4) is 0 Å². The Kier molecular flexibility index (Phi) is 5.62. The largest absolute Gasteiger partial charge is 0.394 e. The van der Waals surface area contributed by atoms with Crippen molar-refractivity contribution >= 4 is 11.6 Å². The van der Waals surface area contributed by atoms with Gasteiger partial charge in [-0.15, -0.1) is 0 Å². The predicted molar refractivity (Wildman–Crippen MR) is 85.3 cm³/mol. The van der Waals surface area contributed by atoms with Crippen LogP contribution < -0.4 is 10.6 Å². The number of anilines is 1. The number of carbonyl (C=O) groups excluding carboxylic acids is 1. The number of carbonyl (C=O) groups is 1. The SMILES string of the molecule is CCC(CO)NC(=O)Cc1ccc(NC(C)C2CC2)cc1. The second-order valence-electron chi connectivity index (χ2n) is 6.00. The van der Waals surface area contributed by atoms with E-state index in [0.29, 0.717) is 12.5 Å². The number of aliphatic hydroxyl groups is 1. The van der Waals surface area contributed by atoms with Gasteiger partial charge in [-0.1, -0.05) is 19.1 Å². The zero-order valence-corrected chi connectivity index (χ0v) is 12.9. The average molecular weight is 290 g/mol. The van der Waals surface area contributed by atoms with Gasteiger partial charge in [0.05, 0.1) is 19.1 Å². The molecule has 1 aromatic carbocycles. The van der Waals surface area contributed by atoms with Gasteiger partial charge in [-0.25, -0.2) is 0 Å². The van der Waals surface area contributed by atoms with Gasteiger partial charge in [-0.05, 0) is 49.8 Å². The molecular formula is C17H26N2O2. The molecule has 2 rings (SSSR count). The fourth-order valence-electron chi connectivity index (χ4n) is 2.44. The highest BCUT2D eigenvalue weighted by Gasteiger charge is 2.27. The number of hydrogen-bond donors (Lipinski definition) is 3. The quantitative estimate of drug-likeness (QED) is 0.688. The van der Waals surface area contributed by atoms with Crippen molar-refractivity contribution in [2.24, 2.45) is 5.92 Å². The highest BCUT2D eigenvalue weighted by molar-refractivity contribution is 5.79. The predicted octanol–water partition coefficient (Wildman–Crippen LogP) is 2.33. The van der Waals surface area contributed by atoms with E-state index >= 15 is 0 Å². The van der Waals surface area contributed by atoms with Crippen molar-refractivity contribution < 1.29 is 9.90 Å². The molecule has 0 aromatic heterocycles. The van der Waals surface area contributed by atoms with Crippen LogP contribution >= 0.6 is 0 Å². The highest BCUT2D eigenvalue weighted by Crippen LogP contribution is 2.33. The van der Waals surface area contributed by atoms with Gasteiger partial charge >= 0.3 is 0 Å². The van der Waals surface area contributed by atoms with Crippen molar-refractivity contribution in [3.05, 3.63) is 29.8 Å². The summed E-state index contributed by atoms with van der Waals surface area (Å²) in [7, 11) is 0. The molecule has 2 unspecified atom stereocenters. The lowest BCUT2D eigenvalue weighted by molar-refractivity contribution is -0.121. The van der Waals surface area contributed by atoms with E-state index in [0.717, 1.165) is 23.6 Å². The molecule has 1 fully saturated rings. The van der Waals surface area contributed by atoms with Crippen molar-refractivity contribution in [1.29, 1.82) is 0 Å². The smallest absolute Gasteiger partial charge is 0.224 e. The topological polar surface area (TPSA) is 61.4 Å². The number of hydrogen-bond acceptors (Lipinski definition) is 3. The van der Waals surface area contributed by atoms with E-state index < -0.39 is 0 Å². The number of rotatable bonds is 8. The summed E-state index contributed by atoms with van der Waals surface area (Å²) < 4.78 is 0. The summed E-state index contributed by atoms with van der Waals surface area (Å²) in [5.41, 5.74) is 2.10. The molecule has 1 amide bonds. The molecule has 0 saturated heterocycles. The molecule has 1 saturated carbocycles. The molecule has 116 valence electrons. The normalized spacial score (nSPS) is 17.1. The zero-order chi connectivity index (χ0) is 15.2. The lowest BCUT2D eigenvalue weighted by atomic mass is 10.1. The Bertz CT molecular complexity index is 450. The number of amides is 1. The summed E-state index contributed by atoms with van der Waals surface area (Å²) in [5.74, 6) is 0.780. The summed E-state index contributed by atoms with van der Waals surface area (Å²) in [4.78, 5) is 11.9. The third-order valence-electron chi connectivity index (χ3n) is 4.12. The van der Waals surface area contributed by atoms with E-state index in [9.17, 15) is 4.79 Å². The van der Waals surface area contributed by atoms with Crippen LogP contribution in [-0.2, 0) is 11.2 Å². The second kappa shape index (κ2) is 7.46. The molecule has 0 bridgehead atoms. The maximum atomic E-state index is 11.9. The summed E-state index contributed by atoms with van der Waals surface area (Å²) in [6.07, 6.45) is 3.75. The Morgan fingerprint density at radius 1 is 1.33 bits per heavy atom. The Morgan fingerprint density at radius 2 is 2.00 bits per heavy atom. The Balaban J connectivity index is 1.82. The molecule has 1 aliphatic rings. The minimum Gasteiger partial charge on any atom is -0.394 e. The molecule has 4 nitrogen and oxygen atoms in total. The van der Waals surface area contributed by atoms with Gasteiger partial charge in [0.2, 0.25) is 5.91 Å². The number of aliphatic hydroxyl groups excluding tert-OH is 1. The van der Waals surface area contributed by atoms with Crippen molar-refractivity contribution in [2.45, 2.75) is 51.6 Å². The van der Waals surface area contributed by atoms with Gasteiger partial charge in [0.25, 0.3) is 0 Å². The maximum Gasteiger partial charge on any atom is 0.224 e. The molecule has 2 atom stereocenters. The fourth-order valence-corrected chi connectivity index (χ4v) is 2.44. The molecule has 0 spiro atoms. The van der Waals surface area contributed by atoms with Crippen LogP contribution in [0.1, 0.15) is 38.7 Å². The zero-order valence-electron chi connectivity index (χ0n) is 12.9. The van der Waals surface area contributed by atoms with Gasteiger partial charge in [0.1, 0.15) is 0 Å². The molecule has 4 heteroatoms. The van der Waals surface area contributed by atoms with Gasteiger partial charge in [-0.3, -0.25) is 4.79 Å². The van der Waals surface area contributed by atoms with E-state index in [2.05, 4.69) is 17.6 Å². The standard InChI is InChI=1S/C17H26N2O2/c1-3-15(11-20)19-17(21)10-13-4-8-16(9-5-13)18-12(2)14-6-7-14/h4-5,8-9,12,14-15,18,20H,3,6-7,10-11H2,1-2H3,(H,19,21). The van der Waals surface area contributed by atoms with E-state index in [1.807, 2.05) is 31.2 Å². The fraction of sp³-hybridized carbons (Fsp3) is 0.588. The van der Waals surface area contributed by atoms with Gasteiger partial charge in [0.15, 0.2) is 0 Å². The molecule has 1 aliphatic carbocycles. The van der Waals surface area contributed by atoms with Crippen molar-refractivity contribution in [3.63, 3.8) is 0 Å². The second-order valence-corrected chi connectivity index (χ2v) is 6.00. The van der Waals surface area contributed by atoms with E-state index in [1.165, 1.54) is 12.8 Å². The lowest BCUT2D eigenvalue weighted by Gasteiger charge is -2.15. The van der Waals surface area contributed by atoms with Crippen LogP contribution in [-0.4, -0.2) is 29.7 Å². The highest BCUT2D eigenvalue weighted by atomic mass is 16.3. The Hall–Kier alpha value is -1.55. The third kappa shape index (κ3) is 5.05. The van der Waals surface area contributed by atoms with E-state index in [-0.39, 0.29) is 18.6 Å². The number of benzene rings is 1. The average Bonchev–Trinajstić information content (AvgIpc) is 3.31. The first kappa shape index (κ1) is 15.8. The summed E-state index contributed by atoms with van der Waals surface area (Å²) >= 11 is 0. The Labute approximate surface area is 126 Å². The van der Waals surface area contributed by atoms with Crippen LogP contribution in [0, 0.1) is 5.92 Å². The van der Waals surface area contributed by atoms with Crippen LogP contribution in [0.25, 0.3) is 0 Å². The molecule has 21 heavy (non-hydrogen) atoms. The van der Waals surface area contributed by atoms with Crippen LogP contribution in [0.5, 0.6) is 0 Å². The first-order chi connectivity index (χ1) is 10.1. The molecule has 3 N–H and O–H groups in total. The van der Waals surface area contributed by atoms with Crippen molar-refractivity contribution in [1.82, 2.24) is 5.32 Å². The van der Waals surface area contributed by atoms with E-state index in [4.69, 9.17) is 5.11 Å². The molecule has 0 radical (unpaired) electrons. The number of nitrogens with one attached hydrogen (secondary N) is 2. The maximum absolute atomic E-state index is 11.9. The van der Waals surface area contributed by atoms with Crippen molar-refractivity contribution in [2.75, 3.05) is 11.9 Å². The van der Waals surface area contributed by atoms with Gasteiger partial charge < -0.3 is 15.7 Å². The molecule has 0 heterocycles. The van der Waals surface area contributed by atoms with Crippen LogP contribution in [0.15, 0.2) is 24.3 Å². The summed E-state index contributed by atoms with van der Waals surface area (Å²) in [6, 6.07) is 8.42. The molecular weight excluding hydrogens is 264 g/mol. The lowest BCUT2D eigenvalue weighted by Crippen LogP contribution is -2.37. The summed E-state index contributed by atoms with van der Waals surface area (Å²) in [6.45, 7) is 4.16. The van der Waals surface area contributed by atoms with Gasteiger partial charge in [-0.2, -0.15) is 0 Å². The monoisotopic (exact) mass is 290 g/mol. The summed E-state index contributed by atoms with van der Waals surface area (Å²) in [5, 5.41) is 15.4. The van der Waals surface area contributed by atoms with Crippen molar-refractivity contribution in [3.8, 4) is 0 Å². The first-order valence-corrected chi connectivity index (χ1v) is 7.88. The van der Waals surface area contributed by atoms with E-state index in [1.54, 1.807) is 0 Å². The van der Waals surface area contributed by atoms with Crippen LogP contribution in [0.2, 0.25) is 0 Å². The van der Waals surface area contributed by atoms with Gasteiger partial charge in [0, 0.05) is 11.7 Å². The minimum absolute atomic E-state index is 0.00977. The molecule has 0 aliphatic heterocycles. The third-order valence-corrected chi connectivity index (χ3v) is 4.12.